The lowest BCUT2D eigenvalue weighted by Gasteiger charge is -2.28. The summed E-state index contributed by atoms with van der Waals surface area (Å²) in [5.41, 5.74) is -1.00. The molecule has 0 fully saturated rings. The molecule has 10 heteroatoms. The van der Waals surface area contributed by atoms with Gasteiger partial charge in [0.05, 0.1) is 22.3 Å². The molecule has 0 aliphatic carbocycles. The quantitative estimate of drug-likeness (QED) is 0.329. The molecule has 0 amide bonds. The van der Waals surface area contributed by atoms with Crippen LogP contribution in [0, 0.1) is 0 Å². The topological polar surface area (TPSA) is 149 Å². The molecular weight excluding hydrogens is 496 g/mol. The van der Waals surface area contributed by atoms with E-state index in [9.17, 15) is 39.6 Å². The number of aromatic carboxylic acids is 4. The molecule has 36 heavy (non-hydrogen) atoms. The van der Waals surface area contributed by atoms with Crippen LogP contribution in [0.1, 0.15) is 41.4 Å². The van der Waals surface area contributed by atoms with Crippen molar-refractivity contribution in [1.82, 2.24) is 0 Å². The van der Waals surface area contributed by atoms with Gasteiger partial charge in [0.1, 0.15) is 16.1 Å². The second-order valence-corrected chi connectivity index (χ2v) is 18.4. The molecule has 3 aromatic carbocycles. The number of benzene rings is 3. The highest BCUT2D eigenvalue weighted by Gasteiger charge is 2.31. The van der Waals surface area contributed by atoms with Crippen LogP contribution in [0.4, 0.5) is 0 Å². The molecule has 8 nitrogen and oxygen atoms in total. The normalized spacial score (nSPS) is 11.7. The highest BCUT2D eigenvalue weighted by atomic mass is 28.3. The lowest BCUT2D eigenvalue weighted by Crippen LogP contribution is -2.56. The molecule has 0 heterocycles. The Morgan fingerprint density at radius 2 is 0.694 bits per heavy atom. The Bertz CT molecular complexity index is 1290. The molecular formula is C26H26O8Si2. The summed E-state index contributed by atoms with van der Waals surface area (Å²) in [6, 6.07) is 16.8. The summed E-state index contributed by atoms with van der Waals surface area (Å²) in [6.45, 7) is 8.21. The smallest absolute Gasteiger partial charge is 0.336 e. The lowest BCUT2D eigenvalue weighted by molar-refractivity contribution is 0.0651. The average Bonchev–Trinajstić information content (AvgIpc) is 2.83. The minimum Gasteiger partial charge on any atom is -0.478 e. The molecule has 0 radical (unpaired) electrons. The second-order valence-electron chi connectivity index (χ2n) is 9.57. The van der Waals surface area contributed by atoms with Crippen molar-refractivity contribution in [2.75, 3.05) is 0 Å². The second kappa shape index (κ2) is 9.55. The van der Waals surface area contributed by atoms with Gasteiger partial charge in [0.2, 0.25) is 0 Å². The van der Waals surface area contributed by atoms with E-state index in [1.807, 2.05) is 24.3 Å². The molecule has 0 aromatic heterocycles. The van der Waals surface area contributed by atoms with Gasteiger partial charge in [0.15, 0.2) is 0 Å². The molecule has 0 aliphatic rings. The van der Waals surface area contributed by atoms with Crippen molar-refractivity contribution < 1.29 is 39.6 Å². The van der Waals surface area contributed by atoms with E-state index < -0.39 is 40.0 Å². The Morgan fingerprint density at radius 3 is 0.944 bits per heavy atom. The van der Waals surface area contributed by atoms with Gasteiger partial charge >= 0.3 is 23.9 Å². The van der Waals surface area contributed by atoms with Gasteiger partial charge in [-0.25, -0.2) is 19.2 Å². The van der Waals surface area contributed by atoms with E-state index in [-0.39, 0.29) is 22.3 Å². The average molecular weight is 523 g/mol. The third-order valence-corrected chi connectivity index (χ3v) is 13.8. The Morgan fingerprint density at radius 1 is 0.444 bits per heavy atom. The SMILES string of the molecule is C[Si](C)(c1ccc([Si](C)(C)c2ccc(C(=O)O)c(C(=O)O)c2)cc1)c1ccc(C(=O)O)c(C(=O)O)c1. The first-order valence-electron chi connectivity index (χ1n) is 11.0. The van der Waals surface area contributed by atoms with Crippen LogP contribution in [-0.2, 0) is 0 Å². The van der Waals surface area contributed by atoms with E-state index in [0.29, 0.717) is 0 Å². The van der Waals surface area contributed by atoms with Crippen LogP contribution in [0.2, 0.25) is 26.2 Å². The van der Waals surface area contributed by atoms with Crippen molar-refractivity contribution in [1.29, 1.82) is 0 Å². The maximum atomic E-state index is 11.6. The zero-order valence-corrected chi connectivity index (χ0v) is 22.2. The summed E-state index contributed by atoms with van der Waals surface area (Å²) >= 11 is 0. The first-order valence-corrected chi connectivity index (χ1v) is 17.0. The minimum absolute atomic E-state index is 0.246. The van der Waals surface area contributed by atoms with Gasteiger partial charge in [0, 0.05) is 0 Å². The summed E-state index contributed by atoms with van der Waals surface area (Å²) in [4.78, 5) is 46.1. The Kier molecular flexibility index (Phi) is 7.05. The van der Waals surface area contributed by atoms with Gasteiger partial charge in [0.25, 0.3) is 0 Å². The Labute approximate surface area is 209 Å². The van der Waals surface area contributed by atoms with E-state index in [4.69, 9.17) is 0 Å². The monoisotopic (exact) mass is 522 g/mol. The standard InChI is InChI=1S/C26H26O8Si2/c1-35(2,17-9-11-19(23(27)28)21(13-17)25(31)32)15-5-7-16(8-6-15)36(3,4)18-10-12-20(24(29)30)22(14-18)26(33)34/h5-14H,1-4H3,(H,27,28)(H,29,30)(H,31,32)(H,33,34). The van der Waals surface area contributed by atoms with E-state index in [1.165, 1.54) is 24.3 Å². The number of hydrogen-bond acceptors (Lipinski definition) is 4. The summed E-state index contributed by atoms with van der Waals surface area (Å²) in [7, 11) is -4.76. The van der Waals surface area contributed by atoms with Gasteiger partial charge in [-0.2, -0.15) is 0 Å². The third-order valence-electron chi connectivity index (χ3n) is 6.73. The van der Waals surface area contributed by atoms with E-state index in [0.717, 1.165) is 20.7 Å². The maximum Gasteiger partial charge on any atom is 0.336 e. The summed E-state index contributed by atoms with van der Waals surface area (Å²) < 4.78 is 0. The summed E-state index contributed by atoms with van der Waals surface area (Å²) in [6.07, 6.45) is 0. The van der Waals surface area contributed by atoms with Crippen LogP contribution < -0.4 is 20.7 Å². The van der Waals surface area contributed by atoms with Gasteiger partial charge in [-0.05, 0) is 24.3 Å². The van der Waals surface area contributed by atoms with Crippen LogP contribution in [0.5, 0.6) is 0 Å². The van der Waals surface area contributed by atoms with Gasteiger partial charge in [-0.3, -0.25) is 0 Å². The van der Waals surface area contributed by atoms with Crippen molar-refractivity contribution in [2.45, 2.75) is 26.2 Å². The molecule has 0 saturated heterocycles. The first kappa shape index (κ1) is 26.6. The molecule has 4 N–H and O–H groups in total. The zero-order valence-electron chi connectivity index (χ0n) is 20.2. The van der Waals surface area contributed by atoms with Gasteiger partial charge in [-0.1, -0.05) is 83.3 Å². The molecule has 186 valence electrons. The van der Waals surface area contributed by atoms with Crippen molar-refractivity contribution in [3.8, 4) is 0 Å². The van der Waals surface area contributed by atoms with E-state index >= 15 is 0 Å². The number of carboxylic acids is 4. The highest BCUT2D eigenvalue weighted by Crippen LogP contribution is 2.14. The largest absolute Gasteiger partial charge is 0.478 e. The molecule has 0 bridgehead atoms. The third kappa shape index (κ3) is 4.86. The van der Waals surface area contributed by atoms with Crippen molar-refractivity contribution in [3.05, 3.63) is 82.9 Å². The first-order chi connectivity index (χ1) is 16.7. The molecule has 0 aliphatic heterocycles. The van der Waals surface area contributed by atoms with Crippen molar-refractivity contribution in [3.63, 3.8) is 0 Å². The molecule has 3 rings (SSSR count). The fraction of sp³-hybridized carbons (Fsp3) is 0.154. The Hall–Kier alpha value is -4.03. The van der Waals surface area contributed by atoms with E-state index in [2.05, 4.69) is 26.2 Å². The van der Waals surface area contributed by atoms with Crippen molar-refractivity contribution >= 4 is 60.8 Å². The molecule has 0 saturated carbocycles. The molecule has 3 aromatic rings. The lowest BCUT2D eigenvalue weighted by atomic mass is 10.1. The predicted octanol–water partition coefficient (Wildman–Crippen LogP) is 2.12. The molecule has 0 atom stereocenters. The van der Waals surface area contributed by atoms with Crippen LogP contribution in [0.15, 0.2) is 60.7 Å². The summed E-state index contributed by atoms with van der Waals surface area (Å²) in [5, 5.41) is 41.2. The predicted molar refractivity (Wildman–Crippen MR) is 141 cm³/mol. The number of hydrogen-bond donors (Lipinski definition) is 4. The highest BCUT2D eigenvalue weighted by molar-refractivity contribution is 7.01. The van der Waals surface area contributed by atoms with Crippen molar-refractivity contribution in [2.24, 2.45) is 0 Å². The molecule has 0 unspecified atom stereocenters. The number of carbonyl (C=O) groups is 4. The van der Waals surface area contributed by atoms with Crippen LogP contribution >= 0.6 is 0 Å². The Balaban J connectivity index is 2.01. The van der Waals surface area contributed by atoms with Crippen LogP contribution in [-0.4, -0.2) is 60.5 Å². The zero-order chi connectivity index (χ0) is 27.0. The van der Waals surface area contributed by atoms with Crippen LogP contribution in [0.3, 0.4) is 0 Å². The van der Waals surface area contributed by atoms with E-state index in [1.54, 1.807) is 12.1 Å². The van der Waals surface area contributed by atoms with Gasteiger partial charge < -0.3 is 20.4 Å². The summed E-state index contributed by atoms with van der Waals surface area (Å²) in [5.74, 6) is -5.18. The number of carboxylic acid groups (broad SMARTS) is 4. The fourth-order valence-corrected chi connectivity index (χ4v) is 8.91. The molecule has 0 spiro atoms. The van der Waals surface area contributed by atoms with Crippen LogP contribution in [0.25, 0.3) is 0 Å². The number of rotatable bonds is 8. The fourth-order valence-electron chi connectivity index (χ4n) is 4.23. The van der Waals surface area contributed by atoms with Gasteiger partial charge in [-0.15, -0.1) is 0 Å². The minimum atomic E-state index is -2.38. The maximum absolute atomic E-state index is 11.6.